The van der Waals surface area contributed by atoms with E-state index in [2.05, 4.69) is 0 Å². The maximum Gasteiger partial charge on any atom is 4.00 e. The minimum Gasteiger partial charge on any atom is -0.668 e. The Hall–Kier alpha value is -1.50. The molecule has 0 fully saturated rings. The zero-order chi connectivity index (χ0) is 17.1. The Kier molecular flexibility index (Phi) is 40.7. The van der Waals surface area contributed by atoms with Crippen molar-refractivity contribution in [2.24, 2.45) is 0 Å². The molecule has 0 unspecified atom stereocenters. The fourth-order valence-corrected chi connectivity index (χ4v) is 0. The second kappa shape index (κ2) is 26.9. The molecule has 0 atom stereocenters. The van der Waals surface area contributed by atoms with Crippen molar-refractivity contribution >= 4 is 23.6 Å². The average Bonchev–Trinajstić information content (AvgIpc) is 2.40. The Morgan fingerprint density at radius 1 is 0.524 bits per heavy atom. The SMILES string of the molecule is CCC([NH-])=O.CCC([NH-])=O.CCC([NH-])=O.CCC([NH-])=O.[Ru+4]. The molecule has 0 aromatic heterocycles. The van der Waals surface area contributed by atoms with Crippen LogP contribution in [-0.2, 0) is 38.7 Å². The van der Waals surface area contributed by atoms with Crippen molar-refractivity contribution in [2.45, 2.75) is 53.4 Å². The first-order valence-electron chi connectivity index (χ1n) is 6.06. The summed E-state index contributed by atoms with van der Waals surface area (Å²) in [6, 6.07) is 0. The van der Waals surface area contributed by atoms with E-state index in [1.807, 2.05) is 0 Å². The number of hydrogen-bond acceptors (Lipinski definition) is 4. The fraction of sp³-hybridized carbons (Fsp3) is 0.667. The van der Waals surface area contributed by atoms with Crippen LogP contribution in [0.4, 0.5) is 0 Å². The monoisotopic (exact) mass is 390 g/mol. The van der Waals surface area contributed by atoms with E-state index in [1.165, 1.54) is 0 Å². The van der Waals surface area contributed by atoms with Gasteiger partial charge in [0, 0.05) is 23.6 Å². The summed E-state index contributed by atoms with van der Waals surface area (Å²) in [5.74, 6) is -1.98. The molecule has 4 N–H and O–H groups in total. The van der Waals surface area contributed by atoms with Crippen molar-refractivity contribution in [1.29, 1.82) is 0 Å². The molecule has 0 rings (SSSR count). The Balaban J connectivity index is -0.0000000533. The molecule has 0 aliphatic rings. The second-order valence-corrected chi connectivity index (χ2v) is 3.11. The number of nitrogens with one attached hydrogen (secondary N) is 4. The summed E-state index contributed by atoms with van der Waals surface area (Å²) in [5.41, 5.74) is 24.8. The average molecular weight is 389 g/mol. The van der Waals surface area contributed by atoms with Crippen molar-refractivity contribution in [3.05, 3.63) is 22.9 Å². The van der Waals surface area contributed by atoms with Gasteiger partial charge in [-0.15, -0.1) is 0 Å². The molecule has 0 saturated carbocycles. The van der Waals surface area contributed by atoms with E-state index < -0.39 is 23.6 Å². The number of rotatable bonds is 4. The van der Waals surface area contributed by atoms with Gasteiger partial charge in [-0.05, 0) is 25.7 Å². The normalized spacial score (nSPS) is 7.05. The van der Waals surface area contributed by atoms with E-state index in [4.69, 9.17) is 22.9 Å². The van der Waals surface area contributed by atoms with Gasteiger partial charge in [0.05, 0.1) is 0 Å². The van der Waals surface area contributed by atoms with Crippen LogP contribution in [0.15, 0.2) is 0 Å². The molecule has 21 heavy (non-hydrogen) atoms. The molecule has 4 amide bonds. The Morgan fingerprint density at radius 3 is 0.571 bits per heavy atom. The molecule has 124 valence electrons. The zero-order valence-electron chi connectivity index (χ0n) is 12.8. The molecule has 0 aliphatic carbocycles. The van der Waals surface area contributed by atoms with E-state index in [1.54, 1.807) is 27.7 Å². The van der Waals surface area contributed by atoms with Gasteiger partial charge in [-0.25, -0.2) is 0 Å². The van der Waals surface area contributed by atoms with Crippen LogP contribution in [0.2, 0.25) is 0 Å². The summed E-state index contributed by atoms with van der Waals surface area (Å²) >= 11 is 0. The van der Waals surface area contributed by atoms with Crippen LogP contribution < -0.4 is 0 Å². The Labute approximate surface area is 139 Å². The van der Waals surface area contributed by atoms with Crippen LogP contribution >= 0.6 is 0 Å². The van der Waals surface area contributed by atoms with Crippen LogP contribution in [0.3, 0.4) is 0 Å². The van der Waals surface area contributed by atoms with Crippen molar-refractivity contribution in [3.63, 3.8) is 0 Å². The molecule has 0 aromatic carbocycles. The van der Waals surface area contributed by atoms with Crippen molar-refractivity contribution in [2.75, 3.05) is 0 Å². The van der Waals surface area contributed by atoms with Gasteiger partial charge in [0.25, 0.3) is 0 Å². The van der Waals surface area contributed by atoms with Crippen molar-refractivity contribution in [3.8, 4) is 0 Å². The number of amides is 4. The topological polar surface area (TPSA) is 163 Å². The summed E-state index contributed by atoms with van der Waals surface area (Å²) in [6.07, 6.45) is 1.33. The first-order valence-corrected chi connectivity index (χ1v) is 6.06. The quantitative estimate of drug-likeness (QED) is 0.666. The molecule has 9 heteroatoms. The molecule has 0 bridgehead atoms. The summed E-state index contributed by atoms with van der Waals surface area (Å²) in [5, 5.41) is 0. The zero-order valence-corrected chi connectivity index (χ0v) is 14.6. The molecule has 8 nitrogen and oxygen atoms in total. The van der Waals surface area contributed by atoms with E-state index in [0.717, 1.165) is 0 Å². The van der Waals surface area contributed by atoms with Crippen LogP contribution in [0.1, 0.15) is 53.4 Å². The minimum atomic E-state index is -0.495. The molecule has 0 aliphatic heterocycles. The van der Waals surface area contributed by atoms with E-state index in [9.17, 15) is 19.2 Å². The Morgan fingerprint density at radius 2 is 0.571 bits per heavy atom. The molecular weight excluding hydrogens is 365 g/mol. The minimum absolute atomic E-state index is 0. The summed E-state index contributed by atoms with van der Waals surface area (Å²) < 4.78 is 0. The molecule has 0 saturated heterocycles. The third-order valence-corrected chi connectivity index (χ3v) is 1.28. The van der Waals surface area contributed by atoms with E-state index in [-0.39, 0.29) is 19.5 Å². The van der Waals surface area contributed by atoms with Gasteiger partial charge >= 0.3 is 19.5 Å². The van der Waals surface area contributed by atoms with Gasteiger partial charge in [-0.3, -0.25) is 0 Å². The summed E-state index contributed by atoms with van der Waals surface area (Å²) in [4.78, 5) is 37.9. The smallest absolute Gasteiger partial charge is 0.668 e. The fourth-order valence-electron chi connectivity index (χ4n) is 0. The predicted octanol–water partition coefficient (Wildman–Crippen LogP) is 3.90. The maximum absolute atomic E-state index is 9.48. The predicted molar refractivity (Wildman–Crippen MR) is 78.5 cm³/mol. The number of carbonyl (C=O) groups is 4. The molecule has 0 heterocycles. The van der Waals surface area contributed by atoms with Crippen molar-refractivity contribution < 1.29 is 38.7 Å². The van der Waals surface area contributed by atoms with Crippen LogP contribution in [0.25, 0.3) is 22.9 Å². The first-order chi connectivity index (χ1) is 9.08. The second-order valence-electron chi connectivity index (χ2n) is 3.11. The van der Waals surface area contributed by atoms with Crippen LogP contribution in [0, 0.1) is 0 Å². The largest absolute Gasteiger partial charge is 4.00 e. The molecule has 0 aromatic rings. The van der Waals surface area contributed by atoms with Gasteiger partial charge in [-0.1, -0.05) is 27.7 Å². The summed E-state index contributed by atoms with van der Waals surface area (Å²) in [7, 11) is 0. The van der Waals surface area contributed by atoms with Gasteiger partial charge in [0.1, 0.15) is 0 Å². The molecule has 0 spiro atoms. The summed E-state index contributed by atoms with van der Waals surface area (Å²) in [6.45, 7) is 6.65. The first kappa shape index (κ1) is 31.7. The van der Waals surface area contributed by atoms with Gasteiger partial charge in [0.15, 0.2) is 0 Å². The van der Waals surface area contributed by atoms with E-state index >= 15 is 0 Å². The number of hydrogen-bond donors (Lipinski definition) is 0. The van der Waals surface area contributed by atoms with Gasteiger partial charge in [0.2, 0.25) is 0 Å². The third-order valence-electron chi connectivity index (χ3n) is 1.28. The molecular formula is C12H24N4O4Ru. The van der Waals surface area contributed by atoms with E-state index in [0.29, 0.717) is 25.7 Å². The van der Waals surface area contributed by atoms with Gasteiger partial charge < -0.3 is 42.1 Å². The van der Waals surface area contributed by atoms with Crippen LogP contribution in [-0.4, -0.2) is 23.6 Å². The van der Waals surface area contributed by atoms with Crippen molar-refractivity contribution in [1.82, 2.24) is 0 Å². The maximum atomic E-state index is 9.48. The van der Waals surface area contributed by atoms with Crippen LogP contribution in [0.5, 0.6) is 0 Å². The number of carbonyl (C=O) groups excluding carboxylic acids is 4. The third kappa shape index (κ3) is 119. The standard InChI is InChI=1S/4C3H7NO.Ru/c4*1-2-3(4)5;/h4*2H2,1H3,(H2,4,5);/q;;;;+4/p-4. The molecule has 0 radical (unpaired) electrons. The Bertz CT molecular complexity index is 230. The van der Waals surface area contributed by atoms with Gasteiger partial charge in [-0.2, -0.15) is 0 Å².